The lowest BCUT2D eigenvalue weighted by Crippen LogP contribution is -2.64. The predicted octanol–water partition coefficient (Wildman–Crippen LogP) is 9.18. The molecule has 1 aromatic rings. The van der Waals surface area contributed by atoms with E-state index in [1.165, 1.54) is 17.7 Å². The Morgan fingerprint density at radius 2 is 1.55 bits per heavy atom. The van der Waals surface area contributed by atoms with Crippen LogP contribution in [0.5, 0.6) is 11.5 Å². The second-order valence-electron chi connectivity index (χ2n) is 17.6. The van der Waals surface area contributed by atoms with Crippen molar-refractivity contribution in [2.24, 2.45) is 56.2 Å². The summed E-state index contributed by atoms with van der Waals surface area (Å²) in [6.45, 7) is 16.9. The molecule has 0 spiro atoms. The van der Waals surface area contributed by atoms with Gasteiger partial charge < -0.3 is 15.3 Å². The Kier molecular flexibility index (Phi) is 7.12. The summed E-state index contributed by atoms with van der Waals surface area (Å²) >= 11 is 0. The molecule has 0 aliphatic heterocycles. The number of hydrogen-bond donors (Lipinski definition) is 3. The van der Waals surface area contributed by atoms with E-state index in [2.05, 4.69) is 54.5 Å². The van der Waals surface area contributed by atoms with Gasteiger partial charge in [-0.1, -0.05) is 72.3 Å². The Bertz CT molecular complexity index is 1430. The van der Waals surface area contributed by atoms with Crippen molar-refractivity contribution in [2.75, 3.05) is 0 Å². The summed E-state index contributed by atoms with van der Waals surface area (Å²) < 4.78 is 0. The third kappa shape index (κ3) is 4.30. The standard InChI is InChI=1S/C39H54O5/c1-34(2)18-20-39(33(43)44)21-19-37(6)25(27(39)23-34)10-13-32-36(5)16-14-26(35(3,4)31(36)15-17-38(32,37)7)28(40)11-8-24-9-12-29(41)30(42)22-24/h8-12,22,26-27,31-32,41-42H,13-21,23H2,1-7H3,(H,43,44)/t26-,27?,31+,32-,36+,37-,38-,39+/m1/s1. The number of phenols is 2. The van der Waals surface area contributed by atoms with Gasteiger partial charge in [-0.25, -0.2) is 0 Å². The quantitative estimate of drug-likeness (QED) is 0.181. The minimum absolute atomic E-state index is 0.00381. The fourth-order valence-electron chi connectivity index (χ4n) is 12.1. The first kappa shape index (κ1) is 31.4. The lowest BCUT2D eigenvalue weighted by Gasteiger charge is -2.71. The van der Waals surface area contributed by atoms with Crippen molar-refractivity contribution in [3.63, 3.8) is 0 Å². The average molecular weight is 603 g/mol. The number of allylic oxidation sites excluding steroid dienone is 3. The van der Waals surface area contributed by atoms with Crippen molar-refractivity contribution >= 4 is 17.8 Å². The van der Waals surface area contributed by atoms with E-state index in [4.69, 9.17) is 0 Å². The molecule has 5 aliphatic carbocycles. The van der Waals surface area contributed by atoms with Crippen LogP contribution >= 0.6 is 0 Å². The molecule has 5 heteroatoms. The van der Waals surface area contributed by atoms with Crippen LogP contribution in [0.2, 0.25) is 0 Å². The highest BCUT2D eigenvalue weighted by atomic mass is 16.4. The lowest BCUT2D eigenvalue weighted by atomic mass is 9.33. The first-order chi connectivity index (χ1) is 20.4. The van der Waals surface area contributed by atoms with Gasteiger partial charge in [0.25, 0.3) is 0 Å². The molecule has 4 fully saturated rings. The molecule has 44 heavy (non-hydrogen) atoms. The number of aliphatic carboxylic acids is 1. The molecule has 0 saturated heterocycles. The average Bonchev–Trinajstić information content (AvgIpc) is 2.93. The third-order valence-corrected chi connectivity index (χ3v) is 14.9. The number of fused-ring (bicyclic) bond motifs is 7. The van der Waals surface area contributed by atoms with Gasteiger partial charge in [-0.05, 0) is 133 Å². The molecule has 5 aliphatic rings. The molecule has 0 heterocycles. The van der Waals surface area contributed by atoms with Gasteiger partial charge in [-0.3, -0.25) is 9.59 Å². The Hall–Kier alpha value is -2.56. The summed E-state index contributed by atoms with van der Waals surface area (Å²) in [4.78, 5) is 26.7. The number of carbonyl (C=O) groups excluding carboxylic acids is 1. The van der Waals surface area contributed by atoms with Crippen molar-refractivity contribution in [1.82, 2.24) is 0 Å². The van der Waals surface area contributed by atoms with E-state index in [-0.39, 0.29) is 56.2 Å². The molecule has 0 radical (unpaired) electrons. The zero-order chi connectivity index (χ0) is 32.1. The van der Waals surface area contributed by atoms with Crippen LogP contribution in [-0.4, -0.2) is 27.1 Å². The molecule has 1 aromatic carbocycles. The summed E-state index contributed by atoms with van der Waals surface area (Å²) in [7, 11) is 0. The monoisotopic (exact) mass is 602 g/mol. The zero-order valence-corrected chi connectivity index (χ0v) is 28.0. The van der Waals surface area contributed by atoms with E-state index in [1.54, 1.807) is 18.2 Å². The molecule has 0 aromatic heterocycles. The summed E-state index contributed by atoms with van der Waals surface area (Å²) in [5, 5.41) is 30.2. The predicted molar refractivity (Wildman–Crippen MR) is 174 cm³/mol. The number of ketones is 1. The van der Waals surface area contributed by atoms with Crippen LogP contribution in [0.25, 0.3) is 6.08 Å². The smallest absolute Gasteiger partial charge is 0.310 e. The molecule has 1 unspecified atom stereocenters. The normalized spacial score (nSPS) is 42.3. The SMILES string of the molecule is CC1(C)CC[C@]2(C(=O)O)CC[C@]3(C)C(=CC[C@@H]4[C@@]5(C)CC[C@H](C(=O)C=Cc6ccc(O)c(O)c6)C(C)(C)[C@@H]5CC[C@]43C)C2C1. The number of aromatic hydroxyl groups is 2. The largest absolute Gasteiger partial charge is 0.504 e. The molecular weight excluding hydrogens is 548 g/mol. The minimum Gasteiger partial charge on any atom is -0.504 e. The van der Waals surface area contributed by atoms with Crippen molar-refractivity contribution in [3.8, 4) is 11.5 Å². The number of benzene rings is 1. The van der Waals surface area contributed by atoms with E-state index in [1.807, 2.05) is 0 Å². The number of carboxylic acids is 1. The van der Waals surface area contributed by atoms with Gasteiger partial charge in [-0.15, -0.1) is 0 Å². The van der Waals surface area contributed by atoms with Crippen LogP contribution in [0.3, 0.4) is 0 Å². The second-order valence-corrected chi connectivity index (χ2v) is 17.6. The van der Waals surface area contributed by atoms with Gasteiger partial charge in [-0.2, -0.15) is 0 Å². The van der Waals surface area contributed by atoms with Gasteiger partial charge in [0, 0.05) is 5.92 Å². The van der Waals surface area contributed by atoms with E-state index in [9.17, 15) is 24.9 Å². The molecule has 0 bridgehead atoms. The molecular formula is C39H54O5. The maximum absolute atomic E-state index is 13.7. The van der Waals surface area contributed by atoms with Crippen molar-refractivity contribution in [3.05, 3.63) is 41.5 Å². The van der Waals surface area contributed by atoms with E-state index in [0.717, 1.165) is 64.2 Å². The van der Waals surface area contributed by atoms with E-state index >= 15 is 0 Å². The lowest BCUT2D eigenvalue weighted by molar-refractivity contribution is -0.196. The maximum atomic E-state index is 13.7. The molecule has 3 N–H and O–H groups in total. The van der Waals surface area contributed by atoms with Crippen molar-refractivity contribution in [1.29, 1.82) is 0 Å². The van der Waals surface area contributed by atoms with Gasteiger partial charge in [0.2, 0.25) is 0 Å². The van der Waals surface area contributed by atoms with E-state index in [0.29, 0.717) is 17.4 Å². The fourth-order valence-corrected chi connectivity index (χ4v) is 12.1. The maximum Gasteiger partial charge on any atom is 0.310 e. The summed E-state index contributed by atoms with van der Waals surface area (Å²) in [5.74, 6) is 0.207. The molecule has 4 saturated carbocycles. The number of phenolic OH excluding ortho intramolecular Hbond substituents is 2. The van der Waals surface area contributed by atoms with Crippen LogP contribution in [-0.2, 0) is 9.59 Å². The second kappa shape index (κ2) is 9.97. The van der Waals surface area contributed by atoms with Crippen LogP contribution in [0.15, 0.2) is 35.9 Å². The van der Waals surface area contributed by atoms with Gasteiger partial charge in [0.1, 0.15) is 0 Å². The number of carbonyl (C=O) groups is 2. The fraction of sp³-hybridized carbons (Fsp3) is 0.692. The summed E-state index contributed by atoms with van der Waals surface area (Å²) in [6, 6.07) is 4.63. The van der Waals surface area contributed by atoms with Gasteiger partial charge in [0.15, 0.2) is 17.3 Å². The molecule has 8 atom stereocenters. The Morgan fingerprint density at radius 1 is 0.841 bits per heavy atom. The Labute approximate surface area is 264 Å². The number of rotatable bonds is 4. The van der Waals surface area contributed by atoms with Gasteiger partial charge in [0.05, 0.1) is 5.41 Å². The van der Waals surface area contributed by atoms with E-state index < -0.39 is 11.4 Å². The van der Waals surface area contributed by atoms with Crippen LogP contribution < -0.4 is 0 Å². The number of hydrogen-bond acceptors (Lipinski definition) is 4. The van der Waals surface area contributed by atoms with Gasteiger partial charge >= 0.3 is 5.97 Å². The molecule has 240 valence electrons. The first-order valence-corrected chi connectivity index (χ1v) is 17.1. The van der Waals surface area contributed by atoms with Crippen LogP contribution in [0.4, 0.5) is 0 Å². The molecule has 5 nitrogen and oxygen atoms in total. The van der Waals surface area contributed by atoms with Crippen molar-refractivity contribution < 1.29 is 24.9 Å². The Morgan fingerprint density at radius 3 is 2.23 bits per heavy atom. The summed E-state index contributed by atoms with van der Waals surface area (Å²) in [6.07, 6.45) is 15.6. The highest BCUT2D eigenvalue weighted by Crippen LogP contribution is 2.76. The zero-order valence-electron chi connectivity index (χ0n) is 28.0. The first-order valence-electron chi connectivity index (χ1n) is 17.1. The van der Waals surface area contributed by atoms with Crippen molar-refractivity contribution in [2.45, 2.75) is 113 Å². The summed E-state index contributed by atoms with van der Waals surface area (Å²) in [5.41, 5.74) is 1.76. The number of carboxylic acid groups (broad SMARTS) is 1. The third-order valence-electron chi connectivity index (χ3n) is 14.9. The highest BCUT2D eigenvalue weighted by molar-refractivity contribution is 5.96. The van der Waals surface area contributed by atoms with Crippen LogP contribution in [0, 0.1) is 56.2 Å². The highest BCUT2D eigenvalue weighted by Gasteiger charge is 2.69. The molecule has 6 rings (SSSR count). The topological polar surface area (TPSA) is 94.8 Å². The van der Waals surface area contributed by atoms with Crippen LogP contribution in [0.1, 0.15) is 118 Å². The minimum atomic E-state index is -0.613. The Balaban J connectivity index is 1.30. The molecule has 0 amide bonds.